The minimum atomic E-state index is -1.04. The van der Waals surface area contributed by atoms with E-state index in [1.165, 1.54) is 0 Å². The van der Waals surface area contributed by atoms with Gasteiger partial charge in [-0.25, -0.2) is 0 Å². The zero-order valence-corrected chi connectivity index (χ0v) is 18.2. The summed E-state index contributed by atoms with van der Waals surface area (Å²) in [5, 5.41) is 0. The molecule has 0 spiro atoms. The van der Waals surface area contributed by atoms with E-state index in [4.69, 9.17) is 4.74 Å². The molecule has 31 heavy (non-hydrogen) atoms. The van der Waals surface area contributed by atoms with Crippen molar-refractivity contribution in [2.45, 2.75) is 58.9 Å². The van der Waals surface area contributed by atoms with Crippen LogP contribution in [-0.2, 0) is 19.1 Å². The van der Waals surface area contributed by atoms with Gasteiger partial charge in [-0.15, -0.1) is 0 Å². The van der Waals surface area contributed by atoms with Gasteiger partial charge < -0.3 is 4.74 Å². The highest BCUT2D eigenvalue weighted by Crippen LogP contribution is 2.30. The molecule has 3 rings (SSSR count). The van der Waals surface area contributed by atoms with E-state index >= 15 is 0 Å². The summed E-state index contributed by atoms with van der Waals surface area (Å²) >= 11 is 0. The van der Waals surface area contributed by atoms with Crippen molar-refractivity contribution in [1.29, 1.82) is 0 Å². The van der Waals surface area contributed by atoms with Crippen LogP contribution in [0.3, 0.4) is 0 Å². The first-order valence-corrected chi connectivity index (χ1v) is 10.8. The molecule has 0 bridgehead atoms. The quantitative estimate of drug-likeness (QED) is 0.466. The molecule has 2 atom stereocenters. The summed E-state index contributed by atoms with van der Waals surface area (Å²) < 4.78 is 5.24. The number of ether oxygens (including phenoxy) is 1. The molecule has 1 saturated heterocycles. The number of likely N-dealkylation sites (tertiary alicyclic amines) is 1. The Kier molecular flexibility index (Phi) is 6.87. The number of carbonyl (C=O) groups excluding carboxylic acids is 5. The fourth-order valence-corrected chi connectivity index (χ4v) is 4.06. The molecule has 2 aliphatic heterocycles. The van der Waals surface area contributed by atoms with Gasteiger partial charge in [-0.3, -0.25) is 33.8 Å². The van der Waals surface area contributed by atoms with Gasteiger partial charge in [0.05, 0.1) is 23.6 Å². The molecule has 1 unspecified atom stereocenters. The summed E-state index contributed by atoms with van der Waals surface area (Å²) in [5.41, 5.74) is 1.24. The van der Waals surface area contributed by atoms with Crippen molar-refractivity contribution in [1.82, 2.24) is 9.80 Å². The number of piperidine rings is 1. The molecule has 1 aromatic carbocycles. The van der Waals surface area contributed by atoms with Crippen LogP contribution < -0.4 is 0 Å². The number of rotatable bonds is 8. The molecule has 2 aliphatic rings. The Morgan fingerprint density at radius 1 is 1.19 bits per heavy atom. The van der Waals surface area contributed by atoms with Gasteiger partial charge in [-0.05, 0) is 31.4 Å². The van der Waals surface area contributed by atoms with Gasteiger partial charge in [0.2, 0.25) is 5.91 Å². The van der Waals surface area contributed by atoms with Crippen LogP contribution in [0.5, 0.6) is 0 Å². The van der Waals surface area contributed by atoms with Gasteiger partial charge in [0.15, 0.2) is 0 Å². The lowest BCUT2D eigenvalue weighted by Gasteiger charge is -2.34. The molecule has 1 aromatic rings. The fraction of sp³-hybridized carbons (Fsp3) is 0.522. The summed E-state index contributed by atoms with van der Waals surface area (Å²) in [6, 6.07) is 3.96. The Labute approximate surface area is 181 Å². The number of imide groups is 2. The third-order valence-electron chi connectivity index (χ3n) is 5.90. The smallest absolute Gasteiger partial charge is 0.308 e. The molecule has 1 fully saturated rings. The lowest BCUT2D eigenvalue weighted by molar-refractivity contribution is -0.157. The number of nitrogens with zero attached hydrogens (tertiary/aromatic N) is 2. The second kappa shape index (κ2) is 9.41. The van der Waals surface area contributed by atoms with E-state index in [1.807, 2.05) is 6.92 Å². The normalized spacial score (nSPS) is 19.6. The van der Waals surface area contributed by atoms with Gasteiger partial charge in [0.25, 0.3) is 17.7 Å². The molecule has 2 heterocycles. The van der Waals surface area contributed by atoms with E-state index in [9.17, 15) is 24.0 Å². The number of unbranched alkanes of at least 4 members (excludes halogenated alkanes) is 1. The first kappa shape index (κ1) is 22.7. The third-order valence-corrected chi connectivity index (χ3v) is 5.90. The van der Waals surface area contributed by atoms with Crippen LogP contribution in [0.25, 0.3) is 0 Å². The van der Waals surface area contributed by atoms with E-state index in [0.717, 1.165) is 29.1 Å². The number of amides is 4. The van der Waals surface area contributed by atoms with Gasteiger partial charge in [0.1, 0.15) is 12.6 Å². The molecule has 8 nitrogen and oxygen atoms in total. The van der Waals surface area contributed by atoms with E-state index in [2.05, 4.69) is 0 Å². The molecule has 8 heteroatoms. The second-order valence-corrected chi connectivity index (χ2v) is 8.13. The van der Waals surface area contributed by atoms with Gasteiger partial charge in [-0.2, -0.15) is 0 Å². The molecule has 4 amide bonds. The summed E-state index contributed by atoms with van der Waals surface area (Å²) in [6.45, 7) is 5.36. The molecular weight excluding hydrogens is 400 g/mol. The Hall–Kier alpha value is -3.03. The zero-order valence-electron chi connectivity index (χ0n) is 18.2. The largest absolute Gasteiger partial charge is 0.464 e. The maximum atomic E-state index is 13.0. The van der Waals surface area contributed by atoms with Crippen molar-refractivity contribution in [3.8, 4) is 0 Å². The van der Waals surface area contributed by atoms with Crippen LogP contribution in [0.2, 0.25) is 0 Å². The molecular formula is C23H28N2O6. The Morgan fingerprint density at radius 3 is 2.61 bits per heavy atom. The van der Waals surface area contributed by atoms with Gasteiger partial charge >= 0.3 is 5.97 Å². The number of hydrogen-bond acceptors (Lipinski definition) is 6. The zero-order chi connectivity index (χ0) is 22.7. The van der Waals surface area contributed by atoms with Gasteiger partial charge in [0, 0.05) is 6.42 Å². The average Bonchev–Trinajstić information content (AvgIpc) is 3.00. The number of carbonyl (C=O) groups is 5. The number of hydrogen-bond donors (Lipinski definition) is 0. The average molecular weight is 428 g/mol. The SMILES string of the molecule is CCCC[C@H](C)C(=O)OCCN1C(=O)CCC(N2C(=O)c3cccc(C)c3C2=O)C1=O. The Bertz CT molecular complexity index is 925. The first-order valence-electron chi connectivity index (χ1n) is 10.8. The minimum Gasteiger partial charge on any atom is -0.464 e. The predicted octanol–water partition coefficient (Wildman–Crippen LogP) is 2.48. The van der Waals surface area contributed by atoms with Crippen LogP contribution in [-0.4, -0.2) is 58.6 Å². The molecule has 0 N–H and O–H groups in total. The summed E-state index contributed by atoms with van der Waals surface area (Å²) in [5.74, 6) is -2.66. The number of esters is 1. The molecule has 0 aliphatic carbocycles. The van der Waals surface area contributed by atoms with E-state index in [1.54, 1.807) is 32.0 Å². The monoisotopic (exact) mass is 428 g/mol. The van der Waals surface area contributed by atoms with E-state index in [-0.39, 0.29) is 43.4 Å². The highest BCUT2D eigenvalue weighted by atomic mass is 16.5. The Morgan fingerprint density at radius 2 is 1.94 bits per heavy atom. The van der Waals surface area contributed by atoms with Crippen molar-refractivity contribution in [3.05, 3.63) is 34.9 Å². The molecule has 0 saturated carbocycles. The van der Waals surface area contributed by atoms with Crippen molar-refractivity contribution < 1.29 is 28.7 Å². The van der Waals surface area contributed by atoms with Crippen LogP contribution in [0.15, 0.2) is 18.2 Å². The topological polar surface area (TPSA) is 101 Å². The molecule has 166 valence electrons. The summed E-state index contributed by atoms with van der Waals surface area (Å²) in [7, 11) is 0. The fourth-order valence-electron chi connectivity index (χ4n) is 4.06. The number of fused-ring (bicyclic) bond motifs is 1. The van der Waals surface area contributed by atoms with Crippen molar-refractivity contribution in [2.75, 3.05) is 13.2 Å². The first-order chi connectivity index (χ1) is 14.8. The number of benzene rings is 1. The number of aryl methyl sites for hydroxylation is 1. The molecule has 0 radical (unpaired) electrons. The summed E-state index contributed by atoms with van der Waals surface area (Å²) in [6.07, 6.45) is 2.74. The lowest BCUT2D eigenvalue weighted by Crippen LogP contribution is -2.56. The van der Waals surface area contributed by atoms with Gasteiger partial charge in [-0.1, -0.05) is 38.8 Å². The highest BCUT2D eigenvalue weighted by Gasteiger charge is 2.47. The molecule has 0 aromatic heterocycles. The standard InChI is InChI=1S/C23H28N2O6/c1-4-5-7-15(3)23(30)31-13-12-24-18(26)11-10-17(21(24)28)25-20(27)16-9-6-8-14(2)19(16)22(25)29/h6,8-9,15,17H,4-5,7,10-13H2,1-3H3/t15-,17?/m0/s1. The maximum absolute atomic E-state index is 13.0. The van der Waals surface area contributed by atoms with E-state index < -0.39 is 29.7 Å². The van der Waals surface area contributed by atoms with Crippen LogP contribution >= 0.6 is 0 Å². The second-order valence-electron chi connectivity index (χ2n) is 8.13. The van der Waals surface area contributed by atoms with Crippen LogP contribution in [0, 0.1) is 12.8 Å². The van der Waals surface area contributed by atoms with Crippen LogP contribution in [0.4, 0.5) is 0 Å². The lowest BCUT2D eigenvalue weighted by atomic mass is 10.0. The van der Waals surface area contributed by atoms with Crippen LogP contribution in [0.1, 0.15) is 72.2 Å². The third kappa shape index (κ3) is 4.38. The van der Waals surface area contributed by atoms with Crippen molar-refractivity contribution in [3.63, 3.8) is 0 Å². The Balaban J connectivity index is 1.66. The van der Waals surface area contributed by atoms with Crippen molar-refractivity contribution >= 4 is 29.6 Å². The van der Waals surface area contributed by atoms with E-state index in [0.29, 0.717) is 11.1 Å². The van der Waals surface area contributed by atoms with Crippen molar-refractivity contribution in [2.24, 2.45) is 5.92 Å². The predicted molar refractivity (Wildman–Crippen MR) is 111 cm³/mol. The highest BCUT2D eigenvalue weighted by molar-refractivity contribution is 6.24. The maximum Gasteiger partial charge on any atom is 0.308 e. The minimum absolute atomic E-state index is 0.0314. The summed E-state index contributed by atoms with van der Waals surface area (Å²) in [4.78, 5) is 65.1.